The van der Waals surface area contributed by atoms with Crippen LogP contribution in [0.5, 0.6) is 0 Å². The third-order valence-corrected chi connectivity index (χ3v) is 6.93. The van der Waals surface area contributed by atoms with E-state index >= 15 is 0 Å². The zero-order valence-electron chi connectivity index (χ0n) is 12.4. The zero-order valence-corrected chi connectivity index (χ0v) is 14.8. The molecule has 0 aliphatic heterocycles. The predicted molar refractivity (Wildman–Crippen MR) is 85.8 cm³/mol. The molecule has 24 heavy (non-hydrogen) atoms. The van der Waals surface area contributed by atoms with E-state index in [1.54, 1.807) is 0 Å². The molecule has 0 amide bonds. The maximum absolute atomic E-state index is 12.6. The molecule has 11 heteroatoms. The van der Waals surface area contributed by atoms with Crippen LogP contribution >= 0.6 is 0 Å². The Morgan fingerprint density at radius 1 is 0.708 bits per heavy atom. The van der Waals surface area contributed by atoms with Gasteiger partial charge in [0.1, 0.15) is 0 Å². The van der Waals surface area contributed by atoms with E-state index in [2.05, 4.69) is 0 Å². The zero-order chi connectivity index (χ0) is 18.3. The van der Waals surface area contributed by atoms with Crippen LogP contribution in [0.3, 0.4) is 0 Å². The summed E-state index contributed by atoms with van der Waals surface area (Å²) in [5.74, 6) is 0. The molecule has 2 aromatic carbocycles. The number of nitrogens with two attached hydrogens (primary N) is 2. The predicted octanol–water partition coefficient (Wildman–Crippen LogP) is 0.123. The van der Waals surface area contributed by atoms with Crippen LogP contribution in [0.15, 0.2) is 62.0 Å². The summed E-state index contributed by atoms with van der Waals surface area (Å²) in [6, 6.07) is 7.91. The van der Waals surface area contributed by atoms with Gasteiger partial charge in [-0.25, -0.2) is 35.5 Å². The minimum atomic E-state index is -4.16. The van der Waals surface area contributed by atoms with Crippen molar-refractivity contribution in [1.82, 2.24) is 0 Å². The molecule has 130 valence electrons. The van der Waals surface area contributed by atoms with Crippen molar-refractivity contribution in [2.75, 3.05) is 0 Å². The van der Waals surface area contributed by atoms with Gasteiger partial charge in [-0.1, -0.05) is 12.1 Å². The Morgan fingerprint density at radius 3 is 1.79 bits per heavy atom. The first-order chi connectivity index (χ1) is 10.8. The summed E-state index contributed by atoms with van der Waals surface area (Å²) >= 11 is 0. The van der Waals surface area contributed by atoms with Crippen LogP contribution in [0.2, 0.25) is 0 Å². The van der Waals surface area contributed by atoms with Crippen LogP contribution in [-0.4, -0.2) is 25.3 Å². The van der Waals surface area contributed by atoms with Crippen molar-refractivity contribution in [3.05, 3.63) is 48.0 Å². The molecule has 0 saturated heterocycles. The molecule has 0 atom stereocenters. The number of rotatable bonds is 4. The van der Waals surface area contributed by atoms with Crippen LogP contribution in [0, 0.1) is 6.92 Å². The second kappa shape index (κ2) is 5.93. The molecular weight excluding hydrogens is 376 g/mol. The second-order valence-corrected chi connectivity index (χ2v) is 10.0. The van der Waals surface area contributed by atoms with Crippen molar-refractivity contribution < 1.29 is 25.3 Å². The van der Waals surface area contributed by atoms with Gasteiger partial charge in [-0.3, -0.25) is 0 Å². The topological polar surface area (TPSA) is 154 Å². The minimum Gasteiger partial charge on any atom is -0.225 e. The molecule has 8 nitrogen and oxygen atoms in total. The Bertz CT molecular complexity index is 1120. The lowest BCUT2D eigenvalue weighted by Gasteiger charge is -2.09. The Balaban J connectivity index is 2.69. The van der Waals surface area contributed by atoms with E-state index in [0.29, 0.717) is 0 Å². The van der Waals surface area contributed by atoms with Gasteiger partial charge in [0.2, 0.25) is 29.9 Å². The normalized spacial score (nSPS) is 13.0. The lowest BCUT2D eigenvalue weighted by atomic mass is 10.2. The first-order valence-electron chi connectivity index (χ1n) is 6.35. The van der Waals surface area contributed by atoms with E-state index in [1.807, 2.05) is 0 Å². The minimum absolute atomic E-state index is 0.287. The molecule has 4 N–H and O–H groups in total. The summed E-state index contributed by atoms with van der Waals surface area (Å²) in [5, 5.41) is 10.1. The van der Waals surface area contributed by atoms with Gasteiger partial charge in [-0.2, -0.15) is 0 Å². The maximum Gasteiger partial charge on any atom is 0.238 e. The summed E-state index contributed by atoms with van der Waals surface area (Å²) < 4.78 is 71.1. The molecule has 0 spiro atoms. The van der Waals surface area contributed by atoms with Crippen molar-refractivity contribution in [3.8, 4) is 0 Å². The van der Waals surface area contributed by atoms with Gasteiger partial charge in [0, 0.05) is 0 Å². The van der Waals surface area contributed by atoms with E-state index < -0.39 is 29.9 Å². The monoisotopic (exact) mass is 390 g/mol. The summed E-state index contributed by atoms with van der Waals surface area (Å²) in [4.78, 5) is -1.37. The number of hydrogen-bond acceptors (Lipinski definition) is 6. The first-order valence-corrected chi connectivity index (χ1v) is 10.9. The smallest absolute Gasteiger partial charge is 0.225 e. The lowest BCUT2D eigenvalue weighted by Crippen LogP contribution is -2.15. The quantitative estimate of drug-likeness (QED) is 0.755. The summed E-state index contributed by atoms with van der Waals surface area (Å²) in [6.45, 7) is 1.47. The molecule has 2 aromatic rings. The first kappa shape index (κ1) is 18.5. The fraction of sp³-hybridized carbons (Fsp3) is 0.0769. The van der Waals surface area contributed by atoms with Gasteiger partial charge >= 0.3 is 0 Å². The van der Waals surface area contributed by atoms with Crippen molar-refractivity contribution in [3.63, 3.8) is 0 Å². The Labute approximate surface area is 140 Å². The average Bonchev–Trinajstić information content (AvgIpc) is 2.45. The van der Waals surface area contributed by atoms with E-state index in [4.69, 9.17) is 10.3 Å². The number of aryl methyl sites for hydroxylation is 1. The molecule has 0 fully saturated rings. The summed E-state index contributed by atoms with van der Waals surface area (Å²) in [6.07, 6.45) is 0. The Morgan fingerprint density at radius 2 is 1.25 bits per heavy atom. The van der Waals surface area contributed by atoms with Gasteiger partial charge in [-0.15, -0.1) is 0 Å². The van der Waals surface area contributed by atoms with Gasteiger partial charge in [-0.05, 0) is 42.8 Å². The molecule has 0 aliphatic rings. The third kappa shape index (κ3) is 3.65. The highest BCUT2D eigenvalue weighted by molar-refractivity contribution is 7.92. The summed E-state index contributed by atoms with van der Waals surface area (Å²) in [7, 11) is -12.4. The van der Waals surface area contributed by atoms with Crippen molar-refractivity contribution in [1.29, 1.82) is 0 Å². The molecule has 2 rings (SSSR count). The highest BCUT2D eigenvalue weighted by atomic mass is 32.2. The molecule has 0 bridgehead atoms. The number of primary sulfonamides is 2. The van der Waals surface area contributed by atoms with Gasteiger partial charge < -0.3 is 0 Å². The standard InChI is InChI=1S/C13H14N2O6S3/c1-9-5-6-11(8-13(9)24(15,20)21)22(16,17)10-3-2-4-12(7-10)23(14,18)19/h2-8H,1H3,(H2,14,18,19)(H2,15,20,21). The highest BCUT2D eigenvalue weighted by Crippen LogP contribution is 2.26. The van der Waals surface area contributed by atoms with E-state index in [-0.39, 0.29) is 25.1 Å². The van der Waals surface area contributed by atoms with E-state index in [0.717, 1.165) is 18.2 Å². The number of sulfonamides is 2. The molecule has 0 unspecified atom stereocenters. The molecule has 0 aromatic heterocycles. The number of sulfone groups is 1. The fourth-order valence-corrected chi connectivity index (χ4v) is 4.86. The van der Waals surface area contributed by atoms with Crippen molar-refractivity contribution in [2.45, 2.75) is 26.5 Å². The van der Waals surface area contributed by atoms with Gasteiger partial charge in [0.15, 0.2) is 0 Å². The van der Waals surface area contributed by atoms with E-state index in [1.165, 1.54) is 31.2 Å². The third-order valence-electron chi connectivity index (χ3n) is 3.22. The van der Waals surface area contributed by atoms with Crippen LogP contribution in [-0.2, 0) is 29.9 Å². The molecule has 0 aliphatic carbocycles. The van der Waals surface area contributed by atoms with Crippen LogP contribution in [0.25, 0.3) is 0 Å². The van der Waals surface area contributed by atoms with Crippen LogP contribution in [0.1, 0.15) is 5.56 Å². The second-order valence-electron chi connectivity index (χ2n) is 5.00. The number of hydrogen-bond donors (Lipinski definition) is 2. The Kier molecular flexibility index (Phi) is 4.59. The van der Waals surface area contributed by atoms with Crippen molar-refractivity contribution in [2.24, 2.45) is 10.3 Å². The largest absolute Gasteiger partial charge is 0.238 e. The van der Waals surface area contributed by atoms with E-state index in [9.17, 15) is 25.3 Å². The molecular formula is C13H14N2O6S3. The molecule has 0 heterocycles. The van der Waals surface area contributed by atoms with Crippen LogP contribution < -0.4 is 10.3 Å². The van der Waals surface area contributed by atoms with Crippen molar-refractivity contribution >= 4 is 29.9 Å². The number of benzene rings is 2. The molecule has 0 radical (unpaired) electrons. The van der Waals surface area contributed by atoms with Gasteiger partial charge in [0.25, 0.3) is 0 Å². The lowest BCUT2D eigenvalue weighted by molar-refractivity contribution is 0.594. The average molecular weight is 390 g/mol. The highest BCUT2D eigenvalue weighted by Gasteiger charge is 2.23. The maximum atomic E-state index is 12.6. The SMILES string of the molecule is Cc1ccc(S(=O)(=O)c2cccc(S(N)(=O)=O)c2)cc1S(N)(=O)=O. The Hall–Kier alpha value is -1.79. The van der Waals surface area contributed by atoms with Gasteiger partial charge in [0.05, 0.1) is 19.6 Å². The molecule has 0 saturated carbocycles. The fourth-order valence-electron chi connectivity index (χ4n) is 2.01. The van der Waals surface area contributed by atoms with Crippen LogP contribution in [0.4, 0.5) is 0 Å². The summed E-state index contributed by atoms with van der Waals surface area (Å²) in [5.41, 5.74) is 0.287.